The van der Waals surface area contributed by atoms with E-state index in [1.807, 2.05) is 0 Å². The molecule has 30 heavy (non-hydrogen) atoms. The van der Waals surface area contributed by atoms with Gasteiger partial charge in [-0.25, -0.2) is 0 Å². The van der Waals surface area contributed by atoms with Gasteiger partial charge in [0.1, 0.15) is 18.0 Å². The lowest BCUT2D eigenvalue weighted by molar-refractivity contribution is -0.901. The van der Waals surface area contributed by atoms with Crippen LogP contribution in [0.4, 0.5) is 13.2 Å². The molecule has 0 saturated carbocycles. The Labute approximate surface area is 170 Å². The van der Waals surface area contributed by atoms with Crippen molar-refractivity contribution in [2.75, 3.05) is 13.1 Å². The maximum absolute atomic E-state index is 13.8. The summed E-state index contributed by atoms with van der Waals surface area (Å²) < 4.78 is 52.0. The van der Waals surface area contributed by atoms with Crippen molar-refractivity contribution < 1.29 is 32.3 Å². The Hall–Kier alpha value is -3.00. The van der Waals surface area contributed by atoms with Crippen LogP contribution in [0.5, 0.6) is 17.2 Å². The van der Waals surface area contributed by atoms with Crippen molar-refractivity contribution in [3.8, 4) is 17.2 Å². The highest BCUT2D eigenvalue weighted by Crippen LogP contribution is 2.39. The molecule has 5 nitrogen and oxygen atoms in total. The highest BCUT2D eigenvalue weighted by atomic mass is 19.4. The predicted molar refractivity (Wildman–Crippen MR) is 104 cm³/mol. The number of aromatic hydroxyl groups is 1. The summed E-state index contributed by atoms with van der Waals surface area (Å²) in [4.78, 5) is 14.1. The molecule has 0 amide bonds. The number of ether oxygens (including phenoxy) is 1. The molecule has 2 heterocycles. The number of phenolic OH excluding ortho intramolecular Hbond substituents is 1. The SMILES string of the molecule is Cc1cccc(Oc2c(C(F)(F)F)oc3c(C[NH+]4CCCC4)c(O)ccc3c2=O)c1. The van der Waals surface area contributed by atoms with E-state index in [4.69, 9.17) is 9.15 Å². The Balaban J connectivity index is 1.91. The largest absolute Gasteiger partial charge is 0.507 e. The molecule has 0 unspecified atom stereocenters. The van der Waals surface area contributed by atoms with E-state index in [0.717, 1.165) is 36.4 Å². The normalized spacial score (nSPS) is 15.1. The summed E-state index contributed by atoms with van der Waals surface area (Å²) in [5.41, 5.74) is -0.202. The van der Waals surface area contributed by atoms with E-state index < -0.39 is 23.1 Å². The highest BCUT2D eigenvalue weighted by molar-refractivity contribution is 5.83. The number of hydrogen-bond acceptors (Lipinski definition) is 4. The molecule has 4 rings (SSSR count). The van der Waals surface area contributed by atoms with Crippen molar-refractivity contribution in [2.24, 2.45) is 0 Å². The summed E-state index contributed by atoms with van der Waals surface area (Å²) >= 11 is 0. The maximum atomic E-state index is 13.8. The average Bonchev–Trinajstić information content (AvgIpc) is 3.18. The van der Waals surface area contributed by atoms with E-state index in [0.29, 0.717) is 0 Å². The molecule has 3 aromatic rings. The second-order valence-corrected chi connectivity index (χ2v) is 7.58. The molecule has 8 heteroatoms. The average molecular weight is 420 g/mol. The molecule has 0 radical (unpaired) electrons. The van der Waals surface area contributed by atoms with Crippen LogP contribution >= 0.6 is 0 Å². The van der Waals surface area contributed by atoms with Gasteiger partial charge in [0, 0.05) is 12.8 Å². The van der Waals surface area contributed by atoms with Gasteiger partial charge in [0.05, 0.1) is 24.0 Å². The smallest absolute Gasteiger partial charge is 0.453 e. The number of phenols is 1. The third-order valence-corrected chi connectivity index (χ3v) is 5.30. The number of rotatable bonds is 4. The molecule has 2 N–H and O–H groups in total. The Bertz CT molecular complexity index is 1150. The highest BCUT2D eigenvalue weighted by Gasteiger charge is 2.41. The van der Waals surface area contributed by atoms with Crippen molar-refractivity contribution in [3.63, 3.8) is 0 Å². The molecule has 2 aromatic carbocycles. The van der Waals surface area contributed by atoms with Crippen LogP contribution in [0.25, 0.3) is 11.0 Å². The van der Waals surface area contributed by atoms with Crippen LogP contribution in [0.15, 0.2) is 45.6 Å². The van der Waals surface area contributed by atoms with Crippen LogP contribution in [0, 0.1) is 6.92 Å². The molecular formula is C22H21F3NO4+. The lowest BCUT2D eigenvalue weighted by atomic mass is 10.1. The van der Waals surface area contributed by atoms with Gasteiger partial charge in [0.25, 0.3) is 5.76 Å². The van der Waals surface area contributed by atoms with Crippen molar-refractivity contribution in [3.05, 3.63) is 63.5 Å². The summed E-state index contributed by atoms with van der Waals surface area (Å²) in [7, 11) is 0. The second kappa shape index (κ2) is 7.68. The standard InChI is InChI=1S/C22H20F3NO4/c1-13-5-4-6-14(11-13)29-20-18(28)15-7-8-17(27)16(12-26-9-2-3-10-26)19(15)30-21(20)22(23,24)25/h4-8,11,27H,2-3,9-10,12H2,1H3/p+1. The Kier molecular flexibility index (Phi) is 5.19. The lowest BCUT2D eigenvalue weighted by Crippen LogP contribution is -3.08. The summed E-state index contributed by atoms with van der Waals surface area (Å²) in [5.74, 6) is -2.51. The van der Waals surface area contributed by atoms with Gasteiger partial charge in [-0.2, -0.15) is 13.2 Å². The maximum Gasteiger partial charge on any atom is 0.453 e. The van der Waals surface area contributed by atoms with Crippen LogP contribution in [0.1, 0.15) is 29.7 Å². The molecule has 1 saturated heterocycles. The topological polar surface area (TPSA) is 64.1 Å². The van der Waals surface area contributed by atoms with Crippen LogP contribution in [0.2, 0.25) is 0 Å². The van der Waals surface area contributed by atoms with Crippen molar-refractivity contribution in [1.82, 2.24) is 0 Å². The molecule has 1 aliphatic heterocycles. The van der Waals surface area contributed by atoms with E-state index in [2.05, 4.69) is 0 Å². The first-order valence-electron chi connectivity index (χ1n) is 9.71. The molecule has 0 aliphatic carbocycles. The molecule has 0 bridgehead atoms. The number of aryl methyl sites for hydroxylation is 1. The first kappa shape index (κ1) is 20.3. The minimum atomic E-state index is -4.95. The zero-order chi connectivity index (χ0) is 21.5. The molecule has 158 valence electrons. The molecule has 1 aliphatic rings. The summed E-state index contributed by atoms with van der Waals surface area (Å²) in [6, 6.07) is 8.96. The van der Waals surface area contributed by atoms with E-state index >= 15 is 0 Å². The van der Waals surface area contributed by atoms with Gasteiger partial charge < -0.3 is 19.2 Å². The number of likely N-dealkylation sites (tertiary alicyclic amines) is 1. The van der Waals surface area contributed by atoms with E-state index in [9.17, 15) is 23.1 Å². The number of alkyl halides is 3. The van der Waals surface area contributed by atoms with Gasteiger partial charge in [-0.05, 0) is 36.8 Å². The minimum Gasteiger partial charge on any atom is -0.507 e. The Morgan fingerprint density at radius 1 is 1.17 bits per heavy atom. The molecular weight excluding hydrogens is 399 g/mol. The Morgan fingerprint density at radius 3 is 2.57 bits per heavy atom. The lowest BCUT2D eigenvalue weighted by Gasteiger charge is -2.17. The monoisotopic (exact) mass is 420 g/mol. The van der Waals surface area contributed by atoms with Crippen LogP contribution in [-0.2, 0) is 12.7 Å². The van der Waals surface area contributed by atoms with Crippen molar-refractivity contribution in [2.45, 2.75) is 32.5 Å². The van der Waals surface area contributed by atoms with Gasteiger partial charge in [0.2, 0.25) is 11.2 Å². The first-order chi connectivity index (χ1) is 14.2. The van der Waals surface area contributed by atoms with Crippen LogP contribution in [-0.4, -0.2) is 18.2 Å². The third-order valence-electron chi connectivity index (χ3n) is 5.30. The third kappa shape index (κ3) is 3.87. The van der Waals surface area contributed by atoms with Gasteiger partial charge in [-0.3, -0.25) is 4.79 Å². The van der Waals surface area contributed by atoms with Crippen LogP contribution in [0.3, 0.4) is 0 Å². The summed E-state index contributed by atoms with van der Waals surface area (Å²) in [6.45, 7) is 3.74. The number of halogens is 3. The fraction of sp³-hybridized carbons (Fsp3) is 0.318. The van der Waals surface area contributed by atoms with E-state index in [-0.39, 0.29) is 34.6 Å². The molecule has 0 spiro atoms. The predicted octanol–water partition coefficient (Wildman–Crippen LogP) is 3.80. The minimum absolute atomic E-state index is 0.0583. The fourth-order valence-corrected chi connectivity index (χ4v) is 3.84. The fourth-order valence-electron chi connectivity index (χ4n) is 3.84. The van der Waals surface area contributed by atoms with Gasteiger partial charge in [-0.1, -0.05) is 12.1 Å². The number of fused-ring (bicyclic) bond motifs is 1. The summed E-state index contributed by atoms with van der Waals surface area (Å²) in [6.07, 6.45) is -2.93. The first-order valence-corrected chi connectivity index (χ1v) is 9.71. The van der Waals surface area contributed by atoms with E-state index in [1.54, 1.807) is 19.1 Å². The van der Waals surface area contributed by atoms with E-state index in [1.165, 1.54) is 24.3 Å². The Morgan fingerprint density at radius 2 is 1.90 bits per heavy atom. The zero-order valence-electron chi connectivity index (χ0n) is 16.3. The second-order valence-electron chi connectivity index (χ2n) is 7.58. The molecule has 1 aromatic heterocycles. The number of hydrogen-bond donors (Lipinski definition) is 2. The number of quaternary nitrogens is 1. The number of nitrogens with one attached hydrogen (secondary N) is 1. The van der Waals surface area contributed by atoms with Crippen molar-refractivity contribution in [1.29, 1.82) is 0 Å². The zero-order valence-corrected chi connectivity index (χ0v) is 16.3. The van der Waals surface area contributed by atoms with Gasteiger partial charge >= 0.3 is 6.18 Å². The summed E-state index contributed by atoms with van der Waals surface area (Å²) in [5, 5.41) is 10.2. The number of benzene rings is 2. The molecule has 1 fully saturated rings. The van der Waals surface area contributed by atoms with Gasteiger partial charge in [-0.15, -0.1) is 0 Å². The molecule has 0 atom stereocenters. The van der Waals surface area contributed by atoms with Crippen LogP contribution < -0.4 is 15.1 Å². The quantitative estimate of drug-likeness (QED) is 0.674. The van der Waals surface area contributed by atoms with Crippen molar-refractivity contribution >= 4 is 11.0 Å². The van der Waals surface area contributed by atoms with Gasteiger partial charge in [0.15, 0.2) is 5.58 Å².